The fourth-order valence-electron chi connectivity index (χ4n) is 5.34. The molecule has 2 aromatic rings. The largest absolute Gasteiger partial charge is 0.496 e. The van der Waals surface area contributed by atoms with E-state index in [2.05, 4.69) is 41.3 Å². The topological polar surface area (TPSA) is 83.6 Å². The van der Waals surface area contributed by atoms with Crippen LogP contribution >= 0.6 is 0 Å². The number of piperidine rings is 1. The summed E-state index contributed by atoms with van der Waals surface area (Å²) in [5.41, 5.74) is 2.30. The first-order valence-electron chi connectivity index (χ1n) is 12.6. The number of aromatic nitrogens is 1. The molecule has 7 nitrogen and oxygen atoms in total. The molecule has 2 saturated heterocycles. The Morgan fingerprint density at radius 1 is 1.09 bits per heavy atom. The third-order valence-electron chi connectivity index (χ3n) is 7.25. The number of methoxy groups -OCH3 is 1. The van der Waals surface area contributed by atoms with Gasteiger partial charge in [-0.2, -0.15) is 0 Å². The first kappa shape index (κ1) is 25.0. The molecular weight excluding hydrogens is 440 g/mol. The Kier molecular flexibility index (Phi) is 7.33. The molecule has 2 aliphatic rings. The number of hydrogen-bond acceptors (Lipinski definition) is 5. The first-order valence-corrected chi connectivity index (χ1v) is 12.6. The van der Waals surface area contributed by atoms with Gasteiger partial charge in [0.2, 0.25) is 0 Å². The van der Waals surface area contributed by atoms with Crippen LogP contribution < -0.4 is 20.3 Å². The van der Waals surface area contributed by atoms with Crippen LogP contribution in [-0.4, -0.2) is 48.6 Å². The molecule has 2 N–H and O–H groups in total. The zero-order valence-corrected chi connectivity index (χ0v) is 21.6. The van der Waals surface area contributed by atoms with Gasteiger partial charge >= 0.3 is 0 Å². The predicted octanol–water partition coefficient (Wildman–Crippen LogP) is 4.49. The van der Waals surface area contributed by atoms with Gasteiger partial charge in [-0.25, -0.2) is 4.98 Å². The van der Waals surface area contributed by atoms with Gasteiger partial charge in [-0.3, -0.25) is 9.59 Å². The van der Waals surface area contributed by atoms with Crippen molar-refractivity contribution in [2.75, 3.05) is 18.6 Å². The molecule has 188 valence electrons. The SMILES string of the molecule is COc1cccc(C(=O)NC2CC3CCC(C2)N3c2ccc(C(=O)NCCC(C)(C)C)cn2)c1C. The summed E-state index contributed by atoms with van der Waals surface area (Å²) >= 11 is 0. The Balaban J connectivity index is 1.36. The van der Waals surface area contributed by atoms with Crippen LogP contribution in [0.15, 0.2) is 36.5 Å². The van der Waals surface area contributed by atoms with Gasteiger partial charge in [0.05, 0.1) is 12.7 Å². The fraction of sp³-hybridized carbons (Fsp3) is 0.536. The maximum Gasteiger partial charge on any atom is 0.252 e. The molecule has 35 heavy (non-hydrogen) atoms. The van der Waals surface area contributed by atoms with Gasteiger partial charge in [0.1, 0.15) is 11.6 Å². The lowest BCUT2D eigenvalue weighted by molar-refractivity contribution is 0.0923. The summed E-state index contributed by atoms with van der Waals surface area (Å²) < 4.78 is 5.37. The van der Waals surface area contributed by atoms with Gasteiger partial charge in [0, 0.05) is 42.0 Å². The zero-order valence-electron chi connectivity index (χ0n) is 21.6. The Hall–Kier alpha value is -3.09. The Labute approximate surface area is 208 Å². The second-order valence-electron chi connectivity index (χ2n) is 11.0. The molecule has 2 aliphatic heterocycles. The van der Waals surface area contributed by atoms with Crippen molar-refractivity contribution in [3.63, 3.8) is 0 Å². The number of anilines is 1. The van der Waals surface area contributed by atoms with E-state index in [-0.39, 0.29) is 23.3 Å². The minimum Gasteiger partial charge on any atom is -0.496 e. The van der Waals surface area contributed by atoms with E-state index >= 15 is 0 Å². The summed E-state index contributed by atoms with van der Waals surface area (Å²) in [7, 11) is 1.62. The van der Waals surface area contributed by atoms with Crippen LogP contribution in [0, 0.1) is 12.3 Å². The maximum atomic E-state index is 13.0. The van der Waals surface area contributed by atoms with Gasteiger partial charge in [-0.1, -0.05) is 26.8 Å². The van der Waals surface area contributed by atoms with Gasteiger partial charge < -0.3 is 20.3 Å². The van der Waals surface area contributed by atoms with Crippen molar-refractivity contribution in [1.82, 2.24) is 15.6 Å². The summed E-state index contributed by atoms with van der Waals surface area (Å²) in [5.74, 6) is 1.52. The summed E-state index contributed by atoms with van der Waals surface area (Å²) in [6.45, 7) is 9.07. The minimum absolute atomic E-state index is 0.0424. The van der Waals surface area contributed by atoms with Crippen molar-refractivity contribution in [3.05, 3.63) is 53.2 Å². The summed E-state index contributed by atoms with van der Waals surface area (Å²) in [4.78, 5) is 32.5. The van der Waals surface area contributed by atoms with Gasteiger partial charge in [0.25, 0.3) is 11.8 Å². The lowest BCUT2D eigenvalue weighted by Gasteiger charge is -2.40. The molecule has 2 bridgehead atoms. The highest BCUT2D eigenvalue weighted by Gasteiger charge is 2.42. The summed E-state index contributed by atoms with van der Waals surface area (Å²) in [6, 6.07) is 10.2. The van der Waals surface area contributed by atoms with Crippen LogP contribution in [0.1, 0.15) is 79.2 Å². The molecule has 4 rings (SSSR count). The molecule has 0 aliphatic carbocycles. The first-order chi connectivity index (χ1) is 16.7. The van der Waals surface area contributed by atoms with Crippen molar-refractivity contribution in [2.45, 2.75) is 77.9 Å². The third-order valence-corrected chi connectivity index (χ3v) is 7.25. The van der Waals surface area contributed by atoms with Crippen molar-refractivity contribution in [1.29, 1.82) is 0 Å². The molecular formula is C28H38N4O3. The maximum absolute atomic E-state index is 13.0. The Bertz CT molecular complexity index is 1050. The molecule has 2 unspecified atom stereocenters. The molecule has 2 amide bonds. The molecule has 0 spiro atoms. The lowest BCUT2D eigenvalue weighted by Crippen LogP contribution is -2.50. The third kappa shape index (κ3) is 5.77. The standard InChI is InChI=1S/C28H38N4O3/c1-18-23(7-6-8-24(18)35-5)27(34)31-20-15-21-10-11-22(16-20)32(21)25-12-9-19(17-30-25)26(33)29-14-13-28(2,3)4/h6-9,12,17,20-22H,10-11,13-16H2,1-5H3,(H,29,33)(H,31,34). The number of ether oxygens (including phenoxy) is 1. The second-order valence-corrected chi connectivity index (χ2v) is 11.0. The number of pyridine rings is 1. The molecule has 1 aromatic heterocycles. The molecule has 2 fully saturated rings. The Morgan fingerprint density at radius 2 is 1.80 bits per heavy atom. The summed E-state index contributed by atoms with van der Waals surface area (Å²) in [6.07, 6.45) is 6.57. The van der Waals surface area contributed by atoms with E-state index < -0.39 is 0 Å². The van der Waals surface area contributed by atoms with Crippen LogP contribution in [-0.2, 0) is 0 Å². The van der Waals surface area contributed by atoms with Crippen LogP contribution in [0.4, 0.5) is 5.82 Å². The molecule has 0 radical (unpaired) electrons. The van der Waals surface area contributed by atoms with E-state index in [1.54, 1.807) is 13.3 Å². The van der Waals surface area contributed by atoms with Crippen molar-refractivity contribution in [2.24, 2.45) is 5.41 Å². The predicted molar refractivity (Wildman–Crippen MR) is 138 cm³/mol. The van der Waals surface area contributed by atoms with E-state index in [1.165, 1.54) is 0 Å². The van der Waals surface area contributed by atoms with E-state index in [0.717, 1.165) is 49.2 Å². The van der Waals surface area contributed by atoms with Crippen LogP contribution in [0.3, 0.4) is 0 Å². The number of benzene rings is 1. The van der Waals surface area contributed by atoms with Crippen molar-refractivity contribution < 1.29 is 14.3 Å². The van der Waals surface area contributed by atoms with Crippen LogP contribution in [0.2, 0.25) is 0 Å². The number of nitrogens with zero attached hydrogens (tertiary/aromatic N) is 2. The fourth-order valence-corrected chi connectivity index (χ4v) is 5.34. The van der Waals surface area contributed by atoms with Crippen LogP contribution in [0.25, 0.3) is 0 Å². The average Bonchev–Trinajstić information content (AvgIpc) is 3.08. The van der Waals surface area contributed by atoms with Gasteiger partial charge in [-0.05, 0) is 68.7 Å². The van der Waals surface area contributed by atoms with Crippen molar-refractivity contribution >= 4 is 17.6 Å². The van der Waals surface area contributed by atoms with Gasteiger partial charge in [-0.15, -0.1) is 0 Å². The smallest absolute Gasteiger partial charge is 0.252 e. The number of fused-ring (bicyclic) bond motifs is 2. The van der Waals surface area contributed by atoms with Crippen LogP contribution in [0.5, 0.6) is 5.75 Å². The zero-order chi connectivity index (χ0) is 25.2. The van der Waals surface area contributed by atoms with E-state index in [9.17, 15) is 9.59 Å². The normalized spacial score (nSPS) is 21.5. The highest BCUT2D eigenvalue weighted by molar-refractivity contribution is 5.96. The summed E-state index contributed by atoms with van der Waals surface area (Å²) in [5, 5.41) is 6.25. The molecule has 7 heteroatoms. The monoisotopic (exact) mass is 478 g/mol. The molecule has 0 saturated carbocycles. The molecule has 3 heterocycles. The van der Waals surface area contributed by atoms with E-state index in [1.807, 2.05) is 37.3 Å². The molecule has 2 atom stereocenters. The number of nitrogens with one attached hydrogen (secondary N) is 2. The average molecular weight is 479 g/mol. The highest BCUT2D eigenvalue weighted by Crippen LogP contribution is 2.38. The number of hydrogen-bond donors (Lipinski definition) is 2. The van der Waals surface area contributed by atoms with Crippen molar-refractivity contribution in [3.8, 4) is 5.75 Å². The number of carbonyl (C=O) groups excluding carboxylic acids is 2. The van der Waals surface area contributed by atoms with E-state index in [4.69, 9.17) is 4.74 Å². The molecule has 1 aromatic carbocycles. The minimum atomic E-state index is -0.0782. The van der Waals surface area contributed by atoms with E-state index in [0.29, 0.717) is 29.8 Å². The second kappa shape index (κ2) is 10.3. The highest BCUT2D eigenvalue weighted by atomic mass is 16.5. The van der Waals surface area contributed by atoms with Gasteiger partial charge in [0.15, 0.2) is 0 Å². The quantitative estimate of drug-likeness (QED) is 0.612. The number of rotatable bonds is 7. The number of carbonyl (C=O) groups is 2. The lowest BCUT2D eigenvalue weighted by atomic mass is 9.92. The number of amides is 2. The Morgan fingerprint density at radius 3 is 2.40 bits per heavy atom.